The maximum atomic E-state index is 12.6. The minimum Gasteiger partial charge on any atom is -0.493 e. The lowest BCUT2D eigenvalue weighted by Crippen LogP contribution is -2.14. The highest BCUT2D eigenvalue weighted by Crippen LogP contribution is 2.40. The zero-order chi connectivity index (χ0) is 18.6. The first kappa shape index (κ1) is 18.7. The van der Waals surface area contributed by atoms with Crippen molar-refractivity contribution in [1.82, 2.24) is 0 Å². The molecule has 0 amide bonds. The third-order valence-electron chi connectivity index (χ3n) is 3.27. The average molecular weight is 383 g/mol. The van der Waals surface area contributed by atoms with E-state index in [-0.39, 0.29) is 21.2 Å². The summed E-state index contributed by atoms with van der Waals surface area (Å²) in [5, 5.41) is 8.79. The van der Waals surface area contributed by atoms with E-state index in [2.05, 4.69) is 4.72 Å². The molecule has 2 aromatic carbocycles. The smallest absolute Gasteiger partial charge is 0.263 e. The van der Waals surface area contributed by atoms with Gasteiger partial charge in [0.2, 0.25) is 5.75 Å². The van der Waals surface area contributed by atoms with Crippen LogP contribution in [0.15, 0.2) is 35.2 Å². The van der Waals surface area contributed by atoms with Crippen molar-refractivity contribution < 1.29 is 22.6 Å². The van der Waals surface area contributed by atoms with Crippen LogP contribution in [-0.4, -0.2) is 29.7 Å². The number of anilines is 1. The predicted molar refractivity (Wildman–Crippen MR) is 93.1 cm³/mol. The number of nitrogens with one attached hydrogen (secondary N) is 1. The van der Waals surface area contributed by atoms with Gasteiger partial charge in [-0.3, -0.25) is 4.72 Å². The van der Waals surface area contributed by atoms with E-state index in [1.54, 1.807) is 0 Å². The van der Waals surface area contributed by atoms with Crippen LogP contribution in [0.1, 0.15) is 5.56 Å². The van der Waals surface area contributed by atoms with Gasteiger partial charge in [-0.2, -0.15) is 5.26 Å². The second-order valence-electron chi connectivity index (χ2n) is 4.78. The largest absolute Gasteiger partial charge is 0.493 e. The molecule has 0 spiro atoms. The molecule has 1 N–H and O–H groups in total. The highest BCUT2D eigenvalue weighted by Gasteiger charge is 2.21. The van der Waals surface area contributed by atoms with Crippen molar-refractivity contribution >= 4 is 27.3 Å². The highest BCUT2D eigenvalue weighted by molar-refractivity contribution is 7.92. The Morgan fingerprint density at radius 1 is 1.04 bits per heavy atom. The summed E-state index contributed by atoms with van der Waals surface area (Å²) in [7, 11) is 0.311. The summed E-state index contributed by atoms with van der Waals surface area (Å²) in [4.78, 5) is -0.151. The fourth-order valence-corrected chi connectivity index (χ4v) is 3.72. The van der Waals surface area contributed by atoms with E-state index in [1.165, 1.54) is 51.7 Å². The van der Waals surface area contributed by atoms with Crippen molar-refractivity contribution in [2.24, 2.45) is 0 Å². The highest BCUT2D eigenvalue weighted by atomic mass is 35.5. The van der Waals surface area contributed by atoms with E-state index in [9.17, 15) is 8.42 Å². The van der Waals surface area contributed by atoms with E-state index in [4.69, 9.17) is 31.1 Å². The Kier molecular flexibility index (Phi) is 5.62. The lowest BCUT2D eigenvalue weighted by molar-refractivity contribution is 0.325. The number of nitrogens with zero attached hydrogens (tertiary/aromatic N) is 1. The van der Waals surface area contributed by atoms with Crippen molar-refractivity contribution in [3.63, 3.8) is 0 Å². The molecule has 0 unspecified atom stereocenters. The van der Waals surface area contributed by atoms with Crippen molar-refractivity contribution in [3.8, 4) is 23.3 Å². The number of ether oxygens (including phenoxy) is 3. The van der Waals surface area contributed by atoms with E-state index in [1.807, 2.05) is 6.07 Å². The van der Waals surface area contributed by atoms with Gasteiger partial charge in [0.05, 0.1) is 43.7 Å². The lowest BCUT2D eigenvalue weighted by atomic mass is 10.2. The second-order valence-corrected chi connectivity index (χ2v) is 6.83. The van der Waals surface area contributed by atoms with Gasteiger partial charge in [0, 0.05) is 12.1 Å². The van der Waals surface area contributed by atoms with Crippen LogP contribution < -0.4 is 18.9 Å². The van der Waals surface area contributed by atoms with Gasteiger partial charge >= 0.3 is 0 Å². The zero-order valence-electron chi connectivity index (χ0n) is 13.7. The first-order valence-corrected chi connectivity index (χ1v) is 8.75. The number of hydrogen-bond donors (Lipinski definition) is 1. The molecule has 7 nitrogen and oxygen atoms in total. The molecule has 2 aromatic rings. The number of rotatable bonds is 6. The summed E-state index contributed by atoms with van der Waals surface area (Å²) in [6, 6.07) is 8.72. The van der Waals surface area contributed by atoms with Crippen LogP contribution in [0.25, 0.3) is 0 Å². The summed E-state index contributed by atoms with van der Waals surface area (Å²) in [6.07, 6.45) is 0. The standard InChI is InChI=1S/C16H15ClN2O5S/c1-22-13-7-11(8-14(23-2)16(13)24-3)19-25(20,21)15-5-4-10(9-18)6-12(15)17/h4-8,19H,1-3H3. The first-order valence-electron chi connectivity index (χ1n) is 6.88. The molecule has 0 aliphatic carbocycles. The van der Waals surface area contributed by atoms with Gasteiger partial charge in [-0.05, 0) is 18.2 Å². The summed E-state index contributed by atoms with van der Waals surface area (Å²) in [5.74, 6) is 0.931. The van der Waals surface area contributed by atoms with Crippen molar-refractivity contribution in [2.75, 3.05) is 26.1 Å². The Hall–Kier alpha value is -2.63. The third kappa shape index (κ3) is 3.90. The minimum absolute atomic E-state index is 0.0565. The third-order valence-corrected chi connectivity index (χ3v) is 5.13. The van der Waals surface area contributed by atoms with Crippen LogP contribution >= 0.6 is 11.6 Å². The molecule has 0 saturated heterocycles. The minimum atomic E-state index is -3.98. The summed E-state index contributed by atoms with van der Waals surface area (Å²) in [6.45, 7) is 0. The number of benzene rings is 2. The van der Waals surface area contributed by atoms with E-state index in [0.29, 0.717) is 17.2 Å². The Bertz CT molecular complexity index is 913. The van der Waals surface area contributed by atoms with E-state index >= 15 is 0 Å². The summed E-state index contributed by atoms with van der Waals surface area (Å²) >= 11 is 5.98. The molecular formula is C16H15ClN2O5S. The second kappa shape index (κ2) is 7.51. The molecule has 0 heterocycles. The lowest BCUT2D eigenvalue weighted by Gasteiger charge is -2.15. The molecule has 9 heteroatoms. The maximum absolute atomic E-state index is 12.6. The quantitative estimate of drug-likeness (QED) is 0.824. The topological polar surface area (TPSA) is 97.7 Å². The molecule has 0 aromatic heterocycles. The Morgan fingerprint density at radius 3 is 2.08 bits per heavy atom. The average Bonchev–Trinajstić information content (AvgIpc) is 2.59. The fourth-order valence-electron chi connectivity index (χ4n) is 2.14. The van der Waals surface area contributed by atoms with Gasteiger partial charge in [0.1, 0.15) is 4.90 Å². The van der Waals surface area contributed by atoms with Gasteiger partial charge in [-0.15, -0.1) is 0 Å². The maximum Gasteiger partial charge on any atom is 0.263 e. The molecule has 0 saturated carbocycles. The normalized spacial score (nSPS) is 10.7. The van der Waals surface area contributed by atoms with Crippen molar-refractivity contribution in [2.45, 2.75) is 4.90 Å². The molecule has 0 aliphatic heterocycles. The molecule has 25 heavy (non-hydrogen) atoms. The molecular weight excluding hydrogens is 368 g/mol. The van der Waals surface area contributed by atoms with E-state index in [0.717, 1.165) is 0 Å². The molecule has 0 bridgehead atoms. The van der Waals surface area contributed by atoms with Crippen molar-refractivity contribution in [1.29, 1.82) is 5.26 Å². The SMILES string of the molecule is COc1cc(NS(=O)(=O)c2ccc(C#N)cc2Cl)cc(OC)c1OC. The molecule has 0 fully saturated rings. The molecule has 2 rings (SSSR count). The van der Waals surface area contributed by atoms with Gasteiger partial charge in [-0.25, -0.2) is 8.42 Å². The van der Waals surface area contributed by atoms with Crippen molar-refractivity contribution in [3.05, 3.63) is 40.9 Å². The van der Waals surface area contributed by atoms with E-state index < -0.39 is 10.0 Å². The first-order chi connectivity index (χ1) is 11.9. The fraction of sp³-hybridized carbons (Fsp3) is 0.188. The molecule has 0 atom stereocenters. The van der Waals surface area contributed by atoms with Gasteiger partial charge in [0.15, 0.2) is 11.5 Å². The number of hydrogen-bond acceptors (Lipinski definition) is 6. The number of methoxy groups -OCH3 is 3. The number of sulfonamides is 1. The van der Waals surface area contributed by atoms with Crippen LogP contribution in [0.2, 0.25) is 5.02 Å². The van der Waals surface area contributed by atoms with Crippen LogP contribution in [0.5, 0.6) is 17.2 Å². The van der Waals surface area contributed by atoms with Crippen LogP contribution in [0, 0.1) is 11.3 Å². The molecule has 0 aliphatic rings. The van der Waals surface area contributed by atoms with Gasteiger partial charge in [0.25, 0.3) is 10.0 Å². The molecule has 0 radical (unpaired) electrons. The monoisotopic (exact) mass is 382 g/mol. The van der Waals surface area contributed by atoms with Crippen LogP contribution in [0.3, 0.4) is 0 Å². The Labute approximate surface area is 150 Å². The zero-order valence-corrected chi connectivity index (χ0v) is 15.2. The van der Waals surface area contributed by atoms with Gasteiger partial charge < -0.3 is 14.2 Å². The number of halogens is 1. The number of nitriles is 1. The van der Waals surface area contributed by atoms with Crippen LogP contribution in [-0.2, 0) is 10.0 Å². The Balaban J connectivity index is 2.46. The Morgan fingerprint density at radius 2 is 1.64 bits per heavy atom. The van der Waals surface area contributed by atoms with Gasteiger partial charge in [-0.1, -0.05) is 11.6 Å². The summed E-state index contributed by atoms with van der Waals surface area (Å²) in [5.41, 5.74) is 0.465. The summed E-state index contributed by atoms with van der Waals surface area (Å²) < 4.78 is 43.1. The predicted octanol–water partition coefficient (Wildman–Crippen LogP) is 3.04. The van der Waals surface area contributed by atoms with Crippen LogP contribution in [0.4, 0.5) is 5.69 Å². The molecule has 132 valence electrons.